The number of nitrogen functional groups attached to an aromatic ring is 1. The van der Waals surface area contributed by atoms with Gasteiger partial charge in [-0.1, -0.05) is 18.2 Å². The number of para-hydroxylation sites is 1. The van der Waals surface area contributed by atoms with Crippen LogP contribution in [0.2, 0.25) is 0 Å². The molecule has 0 unspecified atom stereocenters. The van der Waals surface area contributed by atoms with Gasteiger partial charge in [0.2, 0.25) is 0 Å². The van der Waals surface area contributed by atoms with E-state index in [4.69, 9.17) is 16.2 Å². The quantitative estimate of drug-likeness (QED) is 0.770. The molecule has 3 rings (SSSR count). The number of fused-ring (bicyclic) bond motifs is 1. The summed E-state index contributed by atoms with van der Waals surface area (Å²) in [5.74, 6) is 0.271. The summed E-state index contributed by atoms with van der Waals surface area (Å²) in [5, 5.41) is 0.793. The van der Waals surface area contributed by atoms with Crippen LogP contribution in [0.4, 0.5) is 5.69 Å². The highest BCUT2D eigenvalue weighted by Crippen LogP contribution is 2.36. The average molecular weight is 327 g/mol. The highest BCUT2D eigenvalue weighted by molar-refractivity contribution is 7.21. The SMILES string of the molecule is Cc1nc2sc(C(N)=O)c(N)c2c(C)c1COc1ccccc1. The van der Waals surface area contributed by atoms with Crippen molar-refractivity contribution in [3.05, 3.63) is 52.0 Å². The lowest BCUT2D eigenvalue weighted by molar-refractivity contribution is 0.100. The predicted molar refractivity (Wildman–Crippen MR) is 92.8 cm³/mol. The molecule has 0 aliphatic heterocycles. The Kier molecular flexibility index (Phi) is 3.92. The summed E-state index contributed by atoms with van der Waals surface area (Å²) < 4.78 is 5.83. The van der Waals surface area contributed by atoms with Gasteiger partial charge in [0.25, 0.3) is 5.91 Å². The smallest absolute Gasteiger partial charge is 0.260 e. The number of anilines is 1. The molecule has 0 atom stereocenters. The van der Waals surface area contributed by atoms with Gasteiger partial charge in [-0.3, -0.25) is 4.79 Å². The fraction of sp³-hybridized carbons (Fsp3) is 0.176. The number of hydrogen-bond acceptors (Lipinski definition) is 5. The summed E-state index contributed by atoms with van der Waals surface area (Å²) in [6.07, 6.45) is 0. The Hall–Kier alpha value is -2.60. The first-order valence-corrected chi connectivity index (χ1v) is 7.96. The van der Waals surface area contributed by atoms with Crippen molar-refractivity contribution in [2.75, 3.05) is 5.73 Å². The number of aryl methyl sites for hydroxylation is 2. The molecule has 0 radical (unpaired) electrons. The zero-order valence-corrected chi connectivity index (χ0v) is 13.7. The average Bonchev–Trinajstić information content (AvgIpc) is 2.85. The first-order valence-electron chi connectivity index (χ1n) is 7.14. The van der Waals surface area contributed by atoms with E-state index in [0.717, 1.165) is 32.8 Å². The standard InChI is InChI=1S/C17H17N3O2S/c1-9-12(8-22-11-6-4-3-5-7-11)10(2)20-17-13(9)14(18)15(23-17)16(19)21/h3-7H,8,18H2,1-2H3,(H2,19,21). The van der Waals surface area contributed by atoms with E-state index in [1.807, 2.05) is 44.2 Å². The van der Waals surface area contributed by atoms with Crippen molar-refractivity contribution >= 4 is 33.1 Å². The number of benzene rings is 1. The van der Waals surface area contributed by atoms with E-state index < -0.39 is 5.91 Å². The minimum Gasteiger partial charge on any atom is -0.489 e. The monoisotopic (exact) mass is 327 g/mol. The van der Waals surface area contributed by atoms with Crippen molar-refractivity contribution < 1.29 is 9.53 Å². The van der Waals surface area contributed by atoms with E-state index in [1.165, 1.54) is 11.3 Å². The Morgan fingerprint density at radius 3 is 2.61 bits per heavy atom. The van der Waals surface area contributed by atoms with Crippen molar-refractivity contribution in [1.82, 2.24) is 4.98 Å². The maximum atomic E-state index is 11.5. The van der Waals surface area contributed by atoms with E-state index in [2.05, 4.69) is 4.98 Å². The third kappa shape index (κ3) is 2.73. The van der Waals surface area contributed by atoms with Gasteiger partial charge in [0.05, 0.1) is 5.69 Å². The topological polar surface area (TPSA) is 91.2 Å². The lowest BCUT2D eigenvalue weighted by atomic mass is 10.0. The van der Waals surface area contributed by atoms with E-state index in [9.17, 15) is 4.79 Å². The first-order chi connectivity index (χ1) is 11.0. The van der Waals surface area contributed by atoms with Gasteiger partial charge in [-0.25, -0.2) is 4.98 Å². The Labute approximate surface area is 137 Å². The molecule has 5 nitrogen and oxygen atoms in total. The first kappa shape index (κ1) is 15.3. The number of hydrogen-bond donors (Lipinski definition) is 2. The van der Waals surface area contributed by atoms with Crippen LogP contribution in [0.25, 0.3) is 10.2 Å². The van der Waals surface area contributed by atoms with Gasteiger partial charge >= 0.3 is 0 Å². The molecule has 0 saturated carbocycles. The van der Waals surface area contributed by atoms with Gasteiger partial charge in [-0.15, -0.1) is 11.3 Å². The molecular weight excluding hydrogens is 310 g/mol. The van der Waals surface area contributed by atoms with Crippen molar-refractivity contribution in [2.24, 2.45) is 5.73 Å². The molecule has 1 amide bonds. The molecule has 0 aliphatic carbocycles. The largest absolute Gasteiger partial charge is 0.489 e. The summed E-state index contributed by atoms with van der Waals surface area (Å²) in [4.78, 5) is 17.1. The number of pyridine rings is 1. The number of carbonyl (C=O) groups excluding carboxylic acids is 1. The maximum Gasteiger partial charge on any atom is 0.260 e. The van der Waals surface area contributed by atoms with Gasteiger partial charge in [-0.2, -0.15) is 0 Å². The summed E-state index contributed by atoms with van der Waals surface area (Å²) in [7, 11) is 0. The third-order valence-electron chi connectivity index (χ3n) is 3.81. The van der Waals surface area contributed by atoms with Gasteiger partial charge < -0.3 is 16.2 Å². The fourth-order valence-electron chi connectivity index (χ4n) is 2.58. The van der Waals surface area contributed by atoms with Crippen molar-refractivity contribution in [1.29, 1.82) is 0 Å². The molecule has 4 N–H and O–H groups in total. The van der Waals surface area contributed by atoms with Crippen LogP contribution in [-0.4, -0.2) is 10.9 Å². The molecule has 118 valence electrons. The summed E-state index contributed by atoms with van der Waals surface area (Å²) in [5.41, 5.74) is 14.7. The molecule has 0 bridgehead atoms. The van der Waals surface area contributed by atoms with Crippen molar-refractivity contribution in [3.63, 3.8) is 0 Å². The van der Waals surface area contributed by atoms with Crippen molar-refractivity contribution in [2.45, 2.75) is 20.5 Å². The molecule has 6 heteroatoms. The van der Waals surface area contributed by atoms with Crippen LogP contribution in [0, 0.1) is 13.8 Å². The third-order valence-corrected chi connectivity index (χ3v) is 4.92. The zero-order valence-electron chi connectivity index (χ0n) is 12.9. The maximum absolute atomic E-state index is 11.5. The minimum absolute atomic E-state index is 0.358. The van der Waals surface area contributed by atoms with E-state index in [-0.39, 0.29) is 0 Å². The lowest BCUT2D eigenvalue weighted by Gasteiger charge is -2.12. The summed E-state index contributed by atoms with van der Waals surface area (Å²) >= 11 is 1.23. The number of aromatic nitrogens is 1. The fourth-order valence-corrected chi connectivity index (χ4v) is 3.64. The molecule has 3 aromatic rings. The molecule has 1 aromatic carbocycles. The lowest BCUT2D eigenvalue weighted by Crippen LogP contribution is -2.10. The van der Waals surface area contributed by atoms with Crippen LogP contribution in [0.3, 0.4) is 0 Å². The molecule has 0 saturated heterocycles. The van der Waals surface area contributed by atoms with Crippen LogP contribution in [0.1, 0.15) is 26.5 Å². The molecule has 23 heavy (non-hydrogen) atoms. The minimum atomic E-state index is -0.523. The van der Waals surface area contributed by atoms with Gasteiger partial charge in [0.15, 0.2) is 0 Å². The van der Waals surface area contributed by atoms with Crippen LogP contribution >= 0.6 is 11.3 Å². The number of thiophene rings is 1. The number of amides is 1. The number of nitrogens with two attached hydrogens (primary N) is 2. The van der Waals surface area contributed by atoms with Gasteiger partial charge in [0, 0.05) is 16.6 Å². The highest BCUT2D eigenvalue weighted by Gasteiger charge is 2.19. The number of primary amides is 1. The van der Waals surface area contributed by atoms with Crippen LogP contribution in [-0.2, 0) is 6.61 Å². The second-order valence-corrected chi connectivity index (χ2v) is 6.29. The number of rotatable bonds is 4. The Morgan fingerprint density at radius 1 is 1.26 bits per heavy atom. The highest BCUT2D eigenvalue weighted by atomic mass is 32.1. The molecule has 0 aliphatic rings. The number of nitrogens with zero attached hydrogens (tertiary/aromatic N) is 1. The Bertz CT molecular complexity index is 888. The van der Waals surface area contributed by atoms with E-state index >= 15 is 0 Å². The second kappa shape index (κ2) is 5.89. The molecule has 2 aromatic heterocycles. The molecule has 0 fully saturated rings. The summed E-state index contributed by atoms with van der Waals surface area (Å²) in [6.45, 7) is 4.29. The molecular formula is C17H17N3O2S. The van der Waals surface area contributed by atoms with E-state index in [0.29, 0.717) is 17.2 Å². The van der Waals surface area contributed by atoms with Gasteiger partial charge in [-0.05, 0) is 31.5 Å². The predicted octanol–water partition coefficient (Wildman–Crippen LogP) is 3.17. The van der Waals surface area contributed by atoms with Crippen LogP contribution in [0.15, 0.2) is 30.3 Å². The number of ether oxygens (including phenoxy) is 1. The molecule has 0 spiro atoms. The Morgan fingerprint density at radius 2 is 1.96 bits per heavy atom. The normalized spacial score (nSPS) is 10.9. The molecule has 2 heterocycles. The van der Waals surface area contributed by atoms with Gasteiger partial charge in [0.1, 0.15) is 22.1 Å². The van der Waals surface area contributed by atoms with E-state index in [1.54, 1.807) is 0 Å². The zero-order chi connectivity index (χ0) is 16.6. The van der Waals surface area contributed by atoms with Crippen molar-refractivity contribution in [3.8, 4) is 5.75 Å². The van der Waals surface area contributed by atoms with Crippen LogP contribution < -0.4 is 16.2 Å². The Balaban J connectivity index is 2.03. The number of carbonyl (C=O) groups is 1. The van der Waals surface area contributed by atoms with Crippen LogP contribution in [0.5, 0.6) is 5.75 Å². The summed E-state index contributed by atoms with van der Waals surface area (Å²) in [6, 6.07) is 9.59. The second-order valence-electron chi connectivity index (χ2n) is 5.29.